The van der Waals surface area contributed by atoms with Crippen molar-refractivity contribution in [2.24, 2.45) is 5.92 Å². The fourth-order valence-corrected chi connectivity index (χ4v) is 2.42. The van der Waals surface area contributed by atoms with Crippen molar-refractivity contribution in [1.82, 2.24) is 0 Å². The molecule has 0 saturated carbocycles. The van der Waals surface area contributed by atoms with Crippen LogP contribution in [0.4, 0.5) is 4.39 Å². The highest BCUT2D eigenvalue weighted by atomic mass is 127. The normalized spacial score (nSPS) is 15.2. The van der Waals surface area contributed by atoms with E-state index in [-0.39, 0.29) is 5.92 Å². The van der Waals surface area contributed by atoms with Gasteiger partial charge >= 0.3 is 0 Å². The lowest BCUT2D eigenvalue weighted by molar-refractivity contribution is 0.158. The Hall–Kier alpha value is -0.380. The summed E-state index contributed by atoms with van der Waals surface area (Å²) in [6.07, 6.45) is 0. The van der Waals surface area contributed by atoms with Gasteiger partial charge < -0.3 is 0 Å². The van der Waals surface area contributed by atoms with Gasteiger partial charge in [0.1, 0.15) is 0 Å². The fraction of sp³-hybridized carbons (Fsp3) is 0.333. The van der Waals surface area contributed by atoms with Crippen molar-refractivity contribution < 1.29 is 4.39 Å². The third kappa shape index (κ3) is 2.00. The molecule has 0 spiro atoms. The second-order valence-corrected chi connectivity index (χ2v) is 4.94. The maximum atomic E-state index is 14.7. The van der Waals surface area contributed by atoms with Crippen molar-refractivity contribution in [3.63, 3.8) is 0 Å². The van der Waals surface area contributed by atoms with E-state index >= 15 is 0 Å². The highest BCUT2D eigenvalue weighted by Crippen LogP contribution is 2.42. The third-order valence-electron chi connectivity index (χ3n) is 2.38. The third-order valence-corrected chi connectivity index (χ3v) is 3.17. The average molecular weight is 304 g/mol. The molecule has 76 valence electrons. The topological polar surface area (TPSA) is 0 Å². The van der Waals surface area contributed by atoms with Gasteiger partial charge in [-0.2, -0.15) is 0 Å². The lowest BCUT2D eigenvalue weighted by atomic mass is 9.85. The summed E-state index contributed by atoms with van der Waals surface area (Å²) in [5, 5.41) is 0. The highest BCUT2D eigenvalue weighted by Gasteiger charge is 2.37. The lowest BCUT2D eigenvalue weighted by Crippen LogP contribution is -2.26. The van der Waals surface area contributed by atoms with Crippen LogP contribution < -0.4 is 0 Å². The smallest absolute Gasteiger partial charge is 0.168 e. The molecule has 0 fully saturated rings. The Labute approximate surface area is 98.4 Å². The van der Waals surface area contributed by atoms with Crippen LogP contribution in [0.15, 0.2) is 40.5 Å². The molecule has 0 bridgehead atoms. The minimum absolute atomic E-state index is 0.103. The minimum Gasteiger partial charge on any atom is -0.233 e. The molecule has 0 heterocycles. The summed E-state index contributed by atoms with van der Waals surface area (Å²) in [7, 11) is 0. The summed E-state index contributed by atoms with van der Waals surface area (Å²) in [5.74, 6) is -0.103. The van der Waals surface area contributed by atoms with Crippen molar-refractivity contribution in [3.8, 4) is 0 Å². The Morgan fingerprint density at radius 3 is 2.21 bits per heavy atom. The molecule has 14 heavy (non-hydrogen) atoms. The van der Waals surface area contributed by atoms with E-state index in [0.29, 0.717) is 9.14 Å². The van der Waals surface area contributed by atoms with Crippen LogP contribution in [-0.2, 0) is 5.67 Å². The Kier molecular flexibility index (Phi) is 3.70. The number of alkyl halides is 1. The van der Waals surface area contributed by atoms with Crippen LogP contribution in [0.25, 0.3) is 0 Å². The van der Waals surface area contributed by atoms with Gasteiger partial charge in [-0.05, 0) is 34.1 Å². The van der Waals surface area contributed by atoms with Crippen LogP contribution in [0.5, 0.6) is 0 Å². The van der Waals surface area contributed by atoms with Crippen LogP contribution in [0.2, 0.25) is 0 Å². The van der Waals surface area contributed by atoms with Gasteiger partial charge in [-0.3, -0.25) is 0 Å². The molecule has 2 heteroatoms. The average Bonchev–Trinajstić information content (AvgIpc) is 2.17. The summed E-state index contributed by atoms with van der Waals surface area (Å²) in [6.45, 7) is 7.48. The van der Waals surface area contributed by atoms with E-state index in [1.165, 1.54) is 0 Å². The molecule has 0 amide bonds. The molecule has 1 aromatic carbocycles. The van der Waals surface area contributed by atoms with E-state index in [1.807, 2.05) is 66.8 Å². The van der Waals surface area contributed by atoms with Gasteiger partial charge in [-0.15, -0.1) is 0 Å². The molecular weight excluding hydrogens is 290 g/mol. The van der Waals surface area contributed by atoms with E-state index in [1.54, 1.807) is 0 Å². The number of rotatable bonds is 3. The van der Waals surface area contributed by atoms with Gasteiger partial charge in [-0.1, -0.05) is 50.8 Å². The summed E-state index contributed by atoms with van der Waals surface area (Å²) in [5.41, 5.74) is -0.726. The van der Waals surface area contributed by atoms with Crippen molar-refractivity contribution >= 4 is 22.6 Å². The number of allylic oxidation sites excluding steroid dienone is 1. The van der Waals surface area contributed by atoms with Crippen molar-refractivity contribution in [2.75, 3.05) is 0 Å². The molecule has 0 N–H and O–H groups in total. The molecule has 0 saturated heterocycles. The predicted octanol–water partition coefficient (Wildman–Crippen LogP) is 4.46. The first-order chi connectivity index (χ1) is 6.49. The van der Waals surface area contributed by atoms with Gasteiger partial charge in [0.25, 0.3) is 0 Å². The van der Waals surface area contributed by atoms with Crippen LogP contribution in [0.1, 0.15) is 19.4 Å². The van der Waals surface area contributed by atoms with Gasteiger partial charge in [0, 0.05) is 3.58 Å². The summed E-state index contributed by atoms with van der Waals surface area (Å²) in [6, 6.07) is 9.21. The second-order valence-electron chi connectivity index (χ2n) is 3.64. The summed E-state index contributed by atoms with van der Waals surface area (Å²) < 4.78 is 15.2. The molecule has 0 aliphatic rings. The molecule has 1 aromatic rings. The largest absolute Gasteiger partial charge is 0.233 e. The minimum atomic E-state index is -1.41. The molecular formula is C12H14FI. The predicted molar refractivity (Wildman–Crippen MR) is 67.2 cm³/mol. The zero-order chi connectivity index (χ0) is 10.8. The van der Waals surface area contributed by atoms with Crippen LogP contribution >= 0.6 is 22.6 Å². The van der Waals surface area contributed by atoms with Gasteiger partial charge in [0.05, 0.1) is 0 Å². The first-order valence-electron chi connectivity index (χ1n) is 4.59. The van der Waals surface area contributed by atoms with E-state index in [4.69, 9.17) is 0 Å². The zero-order valence-corrected chi connectivity index (χ0v) is 10.6. The fourth-order valence-electron chi connectivity index (χ4n) is 1.48. The molecule has 0 aromatic heterocycles. The van der Waals surface area contributed by atoms with Gasteiger partial charge in [0.15, 0.2) is 5.67 Å². The number of hydrogen-bond donors (Lipinski definition) is 0. The van der Waals surface area contributed by atoms with E-state index in [2.05, 4.69) is 6.58 Å². The van der Waals surface area contributed by atoms with Gasteiger partial charge in [-0.25, -0.2) is 4.39 Å². The van der Waals surface area contributed by atoms with Crippen molar-refractivity contribution in [2.45, 2.75) is 19.5 Å². The first kappa shape index (κ1) is 11.7. The maximum absolute atomic E-state index is 14.7. The van der Waals surface area contributed by atoms with E-state index in [0.717, 1.165) is 0 Å². The standard InChI is InChI=1S/C12H14FI/c1-9(2)12(13,10(3)14)11-7-5-4-6-8-11/h4-9H,3H2,1-2H3. The summed E-state index contributed by atoms with van der Waals surface area (Å²) in [4.78, 5) is 0. The number of hydrogen-bond acceptors (Lipinski definition) is 0. The monoisotopic (exact) mass is 304 g/mol. The number of halogens is 2. The Bertz CT molecular complexity index is 318. The van der Waals surface area contributed by atoms with E-state index in [9.17, 15) is 4.39 Å². The quantitative estimate of drug-likeness (QED) is 0.723. The molecule has 0 radical (unpaired) electrons. The van der Waals surface area contributed by atoms with Crippen LogP contribution in [0, 0.1) is 5.92 Å². The molecule has 0 aliphatic carbocycles. The second kappa shape index (κ2) is 4.43. The Morgan fingerprint density at radius 1 is 1.36 bits per heavy atom. The van der Waals surface area contributed by atoms with Crippen molar-refractivity contribution in [3.05, 3.63) is 46.1 Å². The zero-order valence-electron chi connectivity index (χ0n) is 8.43. The Morgan fingerprint density at radius 2 is 1.86 bits per heavy atom. The SMILES string of the molecule is C=C(I)C(F)(c1ccccc1)C(C)C. The molecule has 0 aliphatic heterocycles. The molecule has 1 atom stereocenters. The van der Waals surface area contributed by atoms with E-state index < -0.39 is 5.67 Å². The Balaban J connectivity index is 3.20. The highest BCUT2D eigenvalue weighted by molar-refractivity contribution is 14.1. The maximum Gasteiger partial charge on any atom is 0.168 e. The molecule has 0 nitrogen and oxygen atoms in total. The first-order valence-corrected chi connectivity index (χ1v) is 5.66. The molecule has 1 rings (SSSR count). The lowest BCUT2D eigenvalue weighted by Gasteiger charge is -2.29. The van der Waals surface area contributed by atoms with Gasteiger partial charge in [0.2, 0.25) is 0 Å². The molecule has 1 unspecified atom stereocenters. The van der Waals surface area contributed by atoms with Crippen molar-refractivity contribution in [1.29, 1.82) is 0 Å². The number of benzene rings is 1. The van der Waals surface area contributed by atoms with Crippen LogP contribution in [-0.4, -0.2) is 0 Å². The van der Waals surface area contributed by atoms with Crippen LogP contribution in [0.3, 0.4) is 0 Å². The summed E-state index contributed by atoms with van der Waals surface area (Å²) >= 11 is 1.97.